The molecular weight excluding hydrogens is 284 g/mol. The molecule has 0 radical (unpaired) electrons. The molecule has 0 fully saturated rings. The standard InChI is InChI=1S/C9H12S.Nd/c1-9(2,10)8-6-4-3-5-7-8;/h3-7,10H,1-2H3;/p-1. The summed E-state index contributed by atoms with van der Waals surface area (Å²) >= 11 is 5.25. The summed E-state index contributed by atoms with van der Waals surface area (Å²) in [5, 5.41) is 0. The predicted molar refractivity (Wildman–Crippen MR) is 46.8 cm³/mol. The maximum Gasteiger partial charge on any atom is 0 e. The van der Waals surface area contributed by atoms with E-state index >= 15 is 0 Å². The molecule has 0 unspecified atom stereocenters. The van der Waals surface area contributed by atoms with Gasteiger partial charge in [0.1, 0.15) is 0 Å². The summed E-state index contributed by atoms with van der Waals surface area (Å²) in [6.45, 7) is 4.08. The van der Waals surface area contributed by atoms with Crippen LogP contribution in [0.25, 0.3) is 0 Å². The molecule has 0 bridgehead atoms. The Morgan fingerprint density at radius 1 is 1.09 bits per heavy atom. The summed E-state index contributed by atoms with van der Waals surface area (Å²) in [4.78, 5) is 0. The monoisotopic (exact) mass is 293 g/mol. The van der Waals surface area contributed by atoms with E-state index in [4.69, 9.17) is 12.6 Å². The van der Waals surface area contributed by atoms with Crippen LogP contribution in [0.4, 0.5) is 0 Å². The van der Waals surface area contributed by atoms with Crippen molar-refractivity contribution in [2.45, 2.75) is 18.6 Å². The van der Waals surface area contributed by atoms with Gasteiger partial charge in [0.15, 0.2) is 0 Å². The average molecular weight is 295 g/mol. The van der Waals surface area contributed by atoms with Crippen molar-refractivity contribution in [1.82, 2.24) is 0 Å². The summed E-state index contributed by atoms with van der Waals surface area (Å²) in [5.41, 5.74) is 1.21. The number of hydrogen-bond donors (Lipinski definition) is 0. The van der Waals surface area contributed by atoms with Crippen molar-refractivity contribution >= 4 is 12.6 Å². The van der Waals surface area contributed by atoms with Crippen LogP contribution in [0.1, 0.15) is 19.4 Å². The van der Waals surface area contributed by atoms with Gasteiger partial charge in [0.05, 0.1) is 0 Å². The second-order valence-electron chi connectivity index (χ2n) is 2.88. The van der Waals surface area contributed by atoms with Gasteiger partial charge in [0, 0.05) is 40.8 Å². The number of hydrogen-bond acceptors (Lipinski definition) is 1. The third-order valence-electron chi connectivity index (χ3n) is 1.47. The van der Waals surface area contributed by atoms with Gasteiger partial charge in [-0.1, -0.05) is 49.7 Å². The Morgan fingerprint density at radius 2 is 1.55 bits per heavy atom. The fourth-order valence-electron chi connectivity index (χ4n) is 0.840. The second-order valence-corrected chi connectivity index (χ2v) is 3.90. The number of benzene rings is 1. The topological polar surface area (TPSA) is 0 Å². The summed E-state index contributed by atoms with van der Waals surface area (Å²) in [7, 11) is 0. The van der Waals surface area contributed by atoms with Crippen LogP contribution in [-0.2, 0) is 17.4 Å². The summed E-state index contributed by atoms with van der Waals surface area (Å²) in [6, 6.07) is 10.2. The van der Waals surface area contributed by atoms with Crippen LogP contribution in [0, 0.1) is 40.8 Å². The van der Waals surface area contributed by atoms with E-state index in [-0.39, 0.29) is 45.6 Å². The first-order valence-electron chi connectivity index (χ1n) is 3.36. The van der Waals surface area contributed by atoms with Gasteiger partial charge in [-0.15, -0.1) is 4.75 Å². The van der Waals surface area contributed by atoms with E-state index in [1.54, 1.807) is 0 Å². The van der Waals surface area contributed by atoms with E-state index < -0.39 is 0 Å². The van der Waals surface area contributed by atoms with Gasteiger partial charge in [0.2, 0.25) is 0 Å². The Morgan fingerprint density at radius 3 is 1.82 bits per heavy atom. The van der Waals surface area contributed by atoms with Crippen LogP contribution in [0.2, 0.25) is 0 Å². The van der Waals surface area contributed by atoms with Crippen molar-refractivity contribution in [1.29, 1.82) is 0 Å². The van der Waals surface area contributed by atoms with Gasteiger partial charge >= 0.3 is 0 Å². The average Bonchev–Trinajstić information content (AvgIpc) is 1.88. The van der Waals surface area contributed by atoms with Gasteiger partial charge in [-0.25, -0.2) is 0 Å². The normalized spacial score (nSPS) is 10.5. The van der Waals surface area contributed by atoms with Crippen LogP contribution in [0.15, 0.2) is 30.3 Å². The molecule has 0 saturated heterocycles. The van der Waals surface area contributed by atoms with Crippen molar-refractivity contribution in [3.05, 3.63) is 35.9 Å². The molecule has 1 aromatic carbocycles. The third-order valence-corrected chi connectivity index (χ3v) is 1.70. The van der Waals surface area contributed by atoms with Crippen molar-refractivity contribution < 1.29 is 40.8 Å². The third kappa shape index (κ3) is 3.90. The smallest absolute Gasteiger partial charge is 0 e. The Hall–Kier alpha value is 0.921. The Labute approximate surface area is 107 Å². The van der Waals surface area contributed by atoms with Gasteiger partial charge in [-0.05, 0) is 0 Å². The minimum absolute atomic E-state index is 0. The maximum absolute atomic E-state index is 5.25. The van der Waals surface area contributed by atoms with Crippen LogP contribution in [0.3, 0.4) is 0 Å². The van der Waals surface area contributed by atoms with E-state index in [0.29, 0.717) is 0 Å². The zero-order valence-corrected chi connectivity index (χ0v) is 10.8. The Bertz CT molecular complexity index is 201. The van der Waals surface area contributed by atoms with Gasteiger partial charge < -0.3 is 12.6 Å². The van der Waals surface area contributed by atoms with Crippen LogP contribution in [0.5, 0.6) is 0 Å². The van der Waals surface area contributed by atoms with Crippen LogP contribution < -0.4 is 0 Å². The zero-order valence-electron chi connectivity index (χ0n) is 6.79. The molecule has 0 N–H and O–H groups in total. The summed E-state index contributed by atoms with van der Waals surface area (Å²) in [6.07, 6.45) is 0. The van der Waals surface area contributed by atoms with Crippen LogP contribution in [-0.4, -0.2) is 0 Å². The van der Waals surface area contributed by atoms with Crippen LogP contribution >= 0.6 is 0 Å². The maximum atomic E-state index is 5.25. The minimum Gasteiger partial charge on any atom is -0.782 e. The molecule has 58 valence electrons. The predicted octanol–water partition coefficient (Wildman–Crippen LogP) is 2.47. The van der Waals surface area contributed by atoms with E-state index in [1.165, 1.54) is 5.56 Å². The molecule has 0 spiro atoms. The summed E-state index contributed by atoms with van der Waals surface area (Å²) < 4.78 is -0.124. The molecule has 0 amide bonds. The first-order chi connectivity index (χ1) is 4.61. The largest absolute Gasteiger partial charge is 0.782 e. The molecule has 1 rings (SSSR count). The van der Waals surface area contributed by atoms with Crippen molar-refractivity contribution in [3.63, 3.8) is 0 Å². The fraction of sp³-hybridized carbons (Fsp3) is 0.333. The molecule has 0 aliphatic heterocycles. The molecule has 0 saturated carbocycles. The van der Waals surface area contributed by atoms with Crippen molar-refractivity contribution in [2.24, 2.45) is 0 Å². The van der Waals surface area contributed by atoms with E-state index in [1.807, 2.05) is 32.0 Å². The molecule has 11 heavy (non-hydrogen) atoms. The van der Waals surface area contributed by atoms with Crippen molar-refractivity contribution in [3.8, 4) is 0 Å². The SMILES string of the molecule is CC(C)([S-])c1ccccc1.[Nd]. The molecule has 0 aliphatic carbocycles. The molecule has 0 atom stereocenters. The summed E-state index contributed by atoms with van der Waals surface area (Å²) in [5.74, 6) is 0. The Balaban J connectivity index is 0.000001000. The van der Waals surface area contributed by atoms with Gasteiger partial charge in [0.25, 0.3) is 0 Å². The van der Waals surface area contributed by atoms with Gasteiger partial charge in [-0.2, -0.15) is 0 Å². The van der Waals surface area contributed by atoms with Gasteiger partial charge in [-0.3, -0.25) is 0 Å². The molecule has 0 aliphatic rings. The molecule has 1 aromatic rings. The number of rotatable bonds is 1. The molecule has 0 nitrogen and oxygen atoms in total. The molecule has 2 heteroatoms. The minimum atomic E-state index is -0.124. The second kappa shape index (κ2) is 4.83. The zero-order chi connectivity index (χ0) is 7.61. The molecule has 0 aromatic heterocycles. The first-order valence-corrected chi connectivity index (χ1v) is 3.77. The quantitative estimate of drug-likeness (QED) is 0.717. The van der Waals surface area contributed by atoms with E-state index in [9.17, 15) is 0 Å². The molecular formula is C9H11NdS-. The molecule has 0 heterocycles. The van der Waals surface area contributed by atoms with E-state index in [2.05, 4.69) is 12.1 Å². The van der Waals surface area contributed by atoms with E-state index in [0.717, 1.165) is 0 Å². The Kier molecular flexibility index (Phi) is 5.23. The first kappa shape index (κ1) is 11.9. The fourth-order valence-corrected chi connectivity index (χ4v) is 0.976. The van der Waals surface area contributed by atoms with Crippen molar-refractivity contribution in [2.75, 3.05) is 0 Å².